The molecule has 0 bridgehead atoms. The molecule has 2 N–H and O–H groups in total. The smallest absolute Gasteiger partial charge is 0.383 e. The second-order valence-corrected chi connectivity index (χ2v) is 8.70. The van der Waals surface area contributed by atoms with Crippen molar-refractivity contribution in [3.8, 4) is 0 Å². The number of hydrogen-bond donors (Lipinski definition) is 1. The van der Waals surface area contributed by atoms with Gasteiger partial charge in [0.2, 0.25) is 0 Å². The number of nitrogens with zero attached hydrogens (tertiary/aromatic N) is 4. The van der Waals surface area contributed by atoms with Crippen LogP contribution < -0.4 is 5.73 Å². The zero-order valence-electron chi connectivity index (χ0n) is 19.6. The molecule has 0 radical (unpaired) electrons. The molecule has 0 fully saturated rings. The quantitative estimate of drug-likeness (QED) is 0.370. The van der Waals surface area contributed by atoms with Crippen LogP contribution in [0.5, 0.6) is 0 Å². The fraction of sp³-hybridized carbons (Fsp3) is 0.231. The molecule has 4 heterocycles. The lowest BCUT2D eigenvalue weighted by molar-refractivity contribution is -0.137. The van der Waals surface area contributed by atoms with E-state index < -0.39 is 23.5 Å². The van der Waals surface area contributed by atoms with Gasteiger partial charge in [0.1, 0.15) is 11.6 Å². The summed E-state index contributed by atoms with van der Waals surface area (Å²) < 4.78 is 59.0. The summed E-state index contributed by atoms with van der Waals surface area (Å²) in [6.45, 7) is 1.80. The monoisotopic (exact) mass is 511 g/mol. The van der Waals surface area contributed by atoms with E-state index in [1.807, 2.05) is 6.92 Å². The van der Waals surface area contributed by atoms with Gasteiger partial charge in [-0.05, 0) is 55.0 Å². The number of nitrogens with two attached hydrogens (primary N) is 1. The summed E-state index contributed by atoms with van der Waals surface area (Å²) in [5.74, 6) is -0.721. The molecule has 1 aliphatic heterocycles. The third kappa shape index (κ3) is 4.82. The molecule has 7 nitrogen and oxygen atoms in total. The summed E-state index contributed by atoms with van der Waals surface area (Å²) in [6, 6.07) is 9.64. The number of carbonyl (C=O) groups is 1. The van der Waals surface area contributed by atoms with Gasteiger partial charge >= 0.3 is 6.18 Å². The molecule has 1 aromatic carbocycles. The largest absolute Gasteiger partial charge is 0.417 e. The van der Waals surface area contributed by atoms with Gasteiger partial charge in [0.25, 0.3) is 5.91 Å². The van der Waals surface area contributed by atoms with Gasteiger partial charge in [0.05, 0.1) is 48.3 Å². The maximum absolute atomic E-state index is 14.4. The number of alkyl halides is 3. The van der Waals surface area contributed by atoms with Crippen LogP contribution in [0.25, 0.3) is 10.9 Å². The Bertz CT molecular complexity index is 1490. The third-order valence-electron chi connectivity index (χ3n) is 6.26. The number of hydrogen-bond acceptors (Lipinski definition) is 6. The van der Waals surface area contributed by atoms with Crippen LogP contribution in [0.15, 0.2) is 54.9 Å². The molecule has 3 aromatic heterocycles. The summed E-state index contributed by atoms with van der Waals surface area (Å²) in [5.41, 5.74) is 7.92. The fourth-order valence-electron chi connectivity index (χ4n) is 4.38. The number of nitrogen functional groups attached to an aromatic ring is 1. The van der Waals surface area contributed by atoms with Crippen molar-refractivity contribution >= 4 is 22.6 Å². The summed E-state index contributed by atoms with van der Waals surface area (Å²) in [4.78, 5) is 27.3. The molecule has 1 amide bonds. The number of fused-ring (bicyclic) bond motifs is 3. The zero-order chi connectivity index (χ0) is 26.3. The molecule has 1 aliphatic rings. The molecular weight excluding hydrogens is 490 g/mol. The maximum atomic E-state index is 14.4. The Hall–Kier alpha value is -4.12. The van der Waals surface area contributed by atoms with Crippen molar-refractivity contribution in [3.63, 3.8) is 0 Å². The van der Waals surface area contributed by atoms with Gasteiger partial charge in [-0.3, -0.25) is 14.8 Å². The number of benzene rings is 1. The molecule has 1 atom stereocenters. The van der Waals surface area contributed by atoms with Crippen molar-refractivity contribution in [2.24, 2.45) is 0 Å². The first-order chi connectivity index (χ1) is 17.6. The first-order valence-electron chi connectivity index (χ1n) is 11.4. The maximum Gasteiger partial charge on any atom is 0.417 e. The molecule has 0 aliphatic carbocycles. The van der Waals surface area contributed by atoms with Crippen LogP contribution in [0.1, 0.15) is 51.5 Å². The number of amides is 1. The van der Waals surface area contributed by atoms with Crippen LogP contribution in [0, 0.1) is 5.82 Å². The van der Waals surface area contributed by atoms with Crippen LogP contribution >= 0.6 is 0 Å². The van der Waals surface area contributed by atoms with E-state index in [2.05, 4.69) is 15.0 Å². The lowest BCUT2D eigenvalue weighted by atomic mass is 10.00. The van der Waals surface area contributed by atoms with Crippen molar-refractivity contribution in [2.45, 2.75) is 38.9 Å². The molecule has 0 saturated heterocycles. The Morgan fingerprint density at radius 3 is 2.68 bits per heavy atom. The number of ether oxygens (including phenoxy) is 1. The number of halogens is 4. The number of carbonyl (C=O) groups excluding carboxylic acids is 1. The predicted octanol–water partition coefficient (Wildman–Crippen LogP) is 5.20. The minimum Gasteiger partial charge on any atom is -0.383 e. The lowest BCUT2D eigenvalue weighted by Gasteiger charge is -2.23. The first kappa shape index (κ1) is 24.6. The Balaban J connectivity index is 1.52. The Kier molecular flexibility index (Phi) is 6.24. The summed E-state index contributed by atoms with van der Waals surface area (Å²) in [5, 5.41) is 0.705. The summed E-state index contributed by atoms with van der Waals surface area (Å²) in [6.07, 6.45) is -2.67. The van der Waals surface area contributed by atoms with Crippen molar-refractivity contribution in [2.75, 3.05) is 5.73 Å². The molecule has 0 saturated carbocycles. The Labute approximate surface area is 208 Å². The highest BCUT2D eigenvalue weighted by Crippen LogP contribution is 2.38. The summed E-state index contributed by atoms with van der Waals surface area (Å²) >= 11 is 0. The van der Waals surface area contributed by atoms with E-state index in [-0.39, 0.29) is 36.1 Å². The normalized spacial score (nSPS) is 15.1. The van der Waals surface area contributed by atoms with Crippen molar-refractivity contribution in [3.05, 3.63) is 94.3 Å². The molecule has 4 aromatic rings. The number of aromatic nitrogens is 3. The van der Waals surface area contributed by atoms with Gasteiger partial charge < -0.3 is 15.4 Å². The first-order valence-corrected chi connectivity index (χ1v) is 11.4. The number of anilines is 1. The van der Waals surface area contributed by atoms with Gasteiger partial charge in [-0.1, -0.05) is 0 Å². The van der Waals surface area contributed by atoms with Crippen molar-refractivity contribution < 1.29 is 27.1 Å². The molecule has 190 valence electrons. The topological polar surface area (TPSA) is 94.2 Å². The van der Waals surface area contributed by atoms with E-state index in [1.54, 1.807) is 18.2 Å². The van der Waals surface area contributed by atoms with Gasteiger partial charge in [0.15, 0.2) is 0 Å². The van der Waals surface area contributed by atoms with Gasteiger partial charge in [-0.2, -0.15) is 13.2 Å². The van der Waals surface area contributed by atoms with Crippen LogP contribution in [0.4, 0.5) is 23.4 Å². The third-order valence-corrected chi connectivity index (χ3v) is 6.26. The van der Waals surface area contributed by atoms with Crippen LogP contribution in [-0.4, -0.2) is 25.8 Å². The molecule has 11 heteroatoms. The fourth-order valence-corrected chi connectivity index (χ4v) is 4.38. The highest BCUT2D eigenvalue weighted by atomic mass is 19.4. The van der Waals surface area contributed by atoms with E-state index in [1.165, 1.54) is 29.3 Å². The average molecular weight is 511 g/mol. The van der Waals surface area contributed by atoms with E-state index in [9.17, 15) is 22.4 Å². The van der Waals surface area contributed by atoms with Gasteiger partial charge in [0, 0.05) is 28.9 Å². The van der Waals surface area contributed by atoms with Crippen LogP contribution in [0.2, 0.25) is 0 Å². The average Bonchev–Trinajstić information content (AvgIpc) is 3.26. The SMILES string of the molecule is C[C@@H]1OCc2c1c(N)nc1ccc(C(=O)N(Cc3ccc(C(F)(F)F)cn3)Cc3ncccc3F)cc21. The highest BCUT2D eigenvalue weighted by molar-refractivity contribution is 5.99. The zero-order valence-corrected chi connectivity index (χ0v) is 19.6. The van der Waals surface area contributed by atoms with Crippen molar-refractivity contribution in [1.29, 1.82) is 0 Å². The van der Waals surface area contributed by atoms with Crippen molar-refractivity contribution in [1.82, 2.24) is 19.9 Å². The second kappa shape index (κ2) is 9.40. The minimum atomic E-state index is -4.54. The van der Waals surface area contributed by atoms with E-state index in [0.717, 1.165) is 17.2 Å². The van der Waals surface area contributed by atoms with Crippen LogP contribution in [-0.2, 0) is 30.6 Å². The number of rotatable bonds is 5. The van der Waals surface area contributed by atoms with E-state index in [4.69, 9.17) is 10.5 Å². The molecule has 0 unspecified atom stereocenters. The predicted molar refractivity (Wildman–Crippen MR) is 126 cm³/mol. The van der Waals surface area contributed by atoms with Gasteiger partial charge in [-0.15, -0.1) is 0 Å². The minimum absolute atomic E-state index is 0.0149. The van der Waals surface area contributed by atoms with E-state index >= 15 is 0 Å². The molecule has 0 spiro atoms. The Morgan fingerprint density at radius 1 is 1.16 bits per heavy atom. The molecule has 5 rings (SSSR count). The van der Waals surface area contributed by atoms with Gasteiger partial charge in [-0.25, -0.2) is 9.37 Å². The van der Waals surface area contributed by atoms with Crippen LogP contribution in [0.3, 0.4) is 0 Å². The van der Waals surface area contributed by atoms with E-state index in [0.29, 0.717) is 29.5 Å². The standard InChI is InChI=1S/C26H21F4N5O2/c1-14-23-19(13-37-14)18-9-15(4-7-21(18)34-24(23)31)25(36)35(12-22-20(27)3-2-8-32-22)11-17-6-5-16(10-33-17)26(28,29)30/h2-10,14H,11-13H2,1H3,(H2,31,34)/t14-/m0/s1. The molecule has 37 heavy (non-hydrogen) atoms. The highest BCUT2D eigenvalue weighted by Gasteiger charge is 2.31. The molecular formula is C26H21F4N5O2. The second-order valence-electron chi connectivity index (χ2n) is 8.70. The Morgan fingerprint density at radius 2 is 1.97 bits per heavy atom. The number of pyridine rings is 3. The summed E-state index contributed by atoms with van der Waals surface area (Å²) in [7, 11) is 0. The lowest BCUT2D eigenvalue weighted by Crippen LogP contribution is -2.31.